The van der Waals surface area contributed by atoms with Crippen LogP contribution in [0.4, 0.5) is 14.5 Å². The summed E-state index contributed by atoms with van der Waals surface area (Å²) in [6.45, 7) is -1.01. The van der Waals surface area contributed by atoms with Gasteiger partial charge in [0.25, 0.3) is 0 Å². The maximum atomic E-state index is 12.5. The molecular weight excluding hydrogens is 362 g/mol. The summed E-state index contributed by atoms with van der Waals surface area (Å²) in [5.41, 5.74) is 0.358. The van der Waals surface area contributed by atoms with E-state index in [-0.39, 0.29) is 27.5 Å². The van der Waals surface area contributed by atoms with Gasteiger partial charge in [-0.2, -0.15) is 8.78 Å². The molecule has 3 rings (SSSR count). The van der Waals surface area contributed by atoms with Gasteiger partial charge in [0.1, 0.15) is 11.8 Å². The number of fused-ring (bicyclic) bond motifs is 1. The van der Waals surface area contributed by atoms with E-state index in [1.807, 2.05) is 6.92 Å². The monoisotopic (exact) mass is 376 g/mol. The van der Waals surface area contributed by atoms with Crippen LogP contribution in [-0.2, 0) is 9.59 Å². The van der Waals surface area contributed by atoms with E-state index in [2.05, 4.69) is 10.1 Å². The van der Waals surface area contributed by atoms with Crippen molar-refractivity contribution in [1.82, 2.24) is 4.90 Å². The van der Waals surface area contributed by atoms with Crippen molar-refractivity contribution in [2.24, 2.45) is 0 Å². The van der Waals surface area contributed by atoms with Crippen molar-refractivity contribution in [3.05, 3.63) is 23.2 Å². The number of alkyl halides is 2. The lowest BCUT2D eigenvalue weighted by Crippen LogP contribution is -2.48. The number of halogens is 3. The standard InChI is InChI=1S/C15H15ClF2N2O3S/c1-15-5-4-12(21)20(15)10(7-24-15)13(22)19-8-2-3-11(9(16)6-8)23-14(17)18/h2-3,6,10,14H,4-5,7H2,1H3,(H,19,22). The van der Waals surface area contributed by atoms with Crippen LogP contribution in [0, 0.1) is 0 Å². The third-order valence-electron chi connectivity index (χ3n) is 4.16. The molecule has 2 aliphatic heterocycles. The number of carbonyl (C=O) groups is 2. The minimum atomic E-state index is -2.97. The Labute approximate surface area is 146 Å². The molecule has 0 bridgehead atoms. The second kappa shape index (κ2) is 6.40. The second-order valence-corrected chi connectivity index (χ2v) is 7.69. The van der Waals surface area contributed by atoms with E-state index in [4.69, 9.17) is 11.6 Å². The Bertz CT molecular complexity index is 691. The van der Waals surface area contributed by atoms with Gasteiger partial charge < -0.3 is 15.0 Å². The van der Waals surface area contributed by atoms with Crippen molar-refractivity contribution >= 4 is 40.9 Å². The zero-order valence-electron chi connectivity index (χ0n) is 12.7. The van der Waals surface area contributed by atoms with Gasteiger partial charge in [0.05, 0.1) is 9.89 Å². The molecule has 24 heavy (non-hydrogen) atoms. The first-order valence-electron chi connectivity index (χ1n) is 7.31. The van der Waals surface area contributed by atoms with Crippen LogP contribution in [0.15, 0.2) is 18.2 Å². The Balaban J connectivity index is 1.71. The van der Waals surface area contributed by atoms with Crippen molar-refractivity contribution in [2.45, 2.75) is 37.3 Å². The summed E-state index contributed by atoms with van der Waals surface area (Å²) in [6, 6.07) is 3.48. The normalized spacial score (nSPS) is 26.0. The molecule has 0 spiro atoms. The van der Waals surface area contributed by atoms with Crippen LogP contribution >= 0.6 is 23.4 Å². The third kappa shape index (κ3) is 3.17. The molecule has 2 unspecified atom stereocenters. The number of hydrogen-bond acceptors (Lipinski definition) is 4. The summed E-state index contributed by atoms with van der Waals surface area (Å²) in [6.07, 6.45) is 1.17. The van der Waals surface area contributed by atoms with Gasteiger partial charge in [-0.25, -0.2) is 0 Å². The summed E-state index contributed by atoms with van der Waals surface area (Å²) in [5.74, 6) is 0.0128. The number of ether oxygens (including phenoxy) is 1. The molecule has 2 heterocycles. The first-order chi connectivity index (χ1) is 11.3. The Hall–Kier alpha value is -1.54. The number of nitrogens with one attached hydrogen (secondary N) is 1. The average Bonchev–Trinajstić information content (AvgIpc) is 2.98. The molecule has 2 atom stereocenters. The third-order valence-corrected chi connectivity index (χ3v) is 5.96. The van der Waals surface area contributed by atoms with E-state index in [0.717, 1.165) is 6.42 Å². The largest absolute Gasteiger partial charge is 0.433 e. The van der Waals surface area contributed by atoms with Gasteiger partial charge in [0, 0.05) is 17.9 Å². The second-order valence-electron chi connectivity index (χ2n) is 5.78. The molecule has 9 heteroatoms. The first kappa shape index (κ1) is 17.3. The Morgan fingerprint density at radius 1 is 1.54 bits per heavy atom. The van der Waals surface area contributed by atoms with Gasteiger partial charge in [-0.1, -0.05) is 11.6 Å². The number of rotatable bonds is 4. The fourth-order valence-electron chi connectivity index (χ4n) is 3.01. The molecule has 1 aromatic carbocycles. The molecule has 2 fully saturated rings. The average molecular weight is 377 g/mol. The predicted molar refractivity (Wildman–Crippen MR) is 87.4 cm³/mol. The smallest absolute Gasteiger partial charge is 0.387 e. The van der Waals surface area contributed by atoms with Crippen LogP contribution in [0.3, 0.4) is 0 Å². The lowest BCUT2D eigenvalue weighted by atomic mass is 10.2. The quantitative estimate of drug-likeness (QED) is 0.875. The molecular formula is C15H15ClF2N2O3S. The maximum absolute atomic E-state index is 12.5. The van der Waals surface area contributed by atoms with Crippen molar-refractivity contribution in [1.29, 1.82) is 0 Å². The van der Waals surface area contributed by atoms with Crippen LogP contribution in [0.5, 0.6) is 5.75 Å². The zero-order valence-corrected chi connectivity index (χ0v) is 14.3. The van der Waals surface area contributed by atoms with Crippen molar-refractivity contribution in [3.63, 3.8) is 0 Å². The summed E-state index contributed by atoms with van der Waals surface area (Å²) in [4.78, 5) is 25.9. The molecule has 0 saturated carbocycles. The van der Waals surface area contributed by atoms with Gasteiger partial charge in [0.15, 0.2) is 0 Å². The Morgan fingerprint density at radius 2 is 2.29 bits per heavy atom. The number of hydrogen-bond donors (Lipinski definition) is 1. The molecule has 130 valence electrons. The Morgan fingerprint density at radius 3 is 2.96 bits per heavy atom. The molecule has 1 N–H and O–H groups in total. The minimum Gasteiger partial charge on any atom is -0.433 e. The van der Waals surface area contributed by atoms with Crippen LogP contribution in [0.1, 0.15) is 19.8 Å². The molecule has 0 aliphatic carbocycles. The number of thioether (sulfide) groups is 1. The number of benzene rings is 1. The fraction of sp³-hybridized carbons (Fsp3) is 0.467. The maximum Gasteiger partial charge on any atom is 0.387 e. The molecule has 0 radical (unpaired) electrons. The van der Waals surface area contributed by atoms with E-state index in [1.165, 1.54) is 18.2 Å². The van der Waals surface area contributed by atoms with Crippen molar-refractivity contribution < 1.29 is 23.1 Å². The highest BCUT2D eigenvalue weighted by atomic mass is 35.5. The molecule has 5 nitrogen and oxygen atoms in total. The summed E-state index contributed by atoms with van der Waals surface area (Å²) >= 11 is 7.47. The lowest BCUT2D eigenvalue weighted by molar-refractivity contribution is -0.135. The minimum absolute atomic E-state index is 0.0265. The zero-order chi connectivity index (χ0) is 17.5. The summed E-state index contributed by atoms with van der Waals surface area (Å²) in [5, 5.41) is 2.65. The summed E-state index contributed by atoms with van der Waals surface area (Å²) in [7, 11) is 0. The van der Waals surface area contributed by atoms with Crippen molar-refractivity contribution in [2.75, 3.05) is 11.1 Å². The number of amides is 2. The van der Waals surface area contributed by atoms with Gasteiger partial charge in [-0.3, -0.25) is 9.59 Å². The van der Waals surface area contributed by atoms with Gasteiger partial charge in [0.2, 0.25) is 11.8 Å². The van der Waals surface area contributed by atoms with Crippen LogP contribution in [-0.4, -0.2) is 40.0 Å². The van der Waals surface area contributed by atoms with Gasteiger partial charge in [-0.05, 0) is 31.5 Å². The fourth-order valence-corrected chi connectivity index (χ4v) is 4.67. The molecule has 2 aliphatic rings. The highest BCUT2D eigenvalue weighted by Crippen LogP contribution is 2.47. The van der Waals surface area contributed by atoms with E-state index in [0.29, 0.717) is 17.9 Å². The van der Waals surface area contributed by atoms with Crippen LogP contribution < -0.4 is 10.1 Å². The first-order valence-corrected chi connectivity index (χ1v) is 8.68. The van der Waals surface area contributed by atoms with E-state index in [9.17, 15) is 18.4 Å². The predicted octanol–water partition coefficient (Wildman–Crippen LogP) is 3.33. The lowest BCUT2D eigenvalue weighted by Gasteiger charge is -2.29. The van der Waals surface area contributed by atoms with Crippen LogP contribution in [0.25, 0.3) is 0 Å². The molecule has 0 aromatic heterocycles. The van der Waals surface area contributed by atoms with E-state index < -0.39 is 12.7 Å². The van der Waals surface area contributed by atoms with Gasteiger partial charge >= 0.3 is 6.61 Å². The number of nitrogens with zero attached hydrogens (tertiary/aromatic N) is 1. The van der Waals surface area contributed by atoms with E-state index in [1.54, 1.807) is 16.7 Å². The summed E-state index contributed by atoms with van der Waals surface area (Å²) < 4.78 is 28.7. The Kier molecular flexibility index (Phi) is 4.61. The van der Waals surface area contributed by atoms with Gasteiger partial charge in [-0.15, -0.1) is 11.8 Å². The topological polar surface area (TPSA) is 58.6 Å². The highest BCUT2D eigenvalue weighted by molar-refractivity contribution is 8.01. The molecule has 2 saturated heterocycles. The highest BCUT2D eigenvalue weighted by Gasteiger charge is 2.52. The SMILES string of the molecule is CC12CCC(=O)N1C(C(=O)Nc1ccc(OC(F)F)c(Cl)c1)CS2. The van der Waals surface area contributed by atoms with Crippen LogP contribution in [0.2, 0.25) is 5.02 Å². The van der Waals surface area contributed by atoms with Crippen molar-refractivity contribution in [3.8, 4) is 5.75 Å². The number of carbonyl (C=O) groups excluding carboxylic acids is 2. The number of anilines is 1. The van der Waals surface area contributed by atoms with E-state index >= 15 is 0 Å². The molecule has 2 amide bonds. The molecule has 1 aromatic rings.